The minimum atomic E-state index is -4.71. The van der Waals surface area contributed by atoms with Crippen LogP contribution in [0.25, 0.3) is 11.4 Å². The zero-order chi connectivity index (χ0) is 22.2. The van der Waals surface area contributed by atoms with E-state index in [1.54, 1.807) is 24.3 Å². The lowest BCUT2D eigenvalue weighted by Gasteiger charge is -2.20. The summed E-state index contributed by atoms with van der Waals surface area (Å²) < 4.78 is 53.2. The van der Waals surface area contributed by atoms with Crippen LogP contribution in [0, 0.1) is 0 Å². The molecule has 0 fully saturated rings. The van der Waals surface area contributed by atoms with Crippen molar-refractivity contribution >= 4 is 21.8 Å². The van der Waals surface area contributed by atoms with Gasteiger partial charge < -0.3 is 14.0 Å². The highest BCUT2D eigenvalue weighted by Crippen LogP contribution is 2.37. The van der Waals surface area contributed by atoms with Crippen molar-refractivity contribution in [3.05, 3.63) is 57.9 Å². The van der Waals surface area contributed by atoms with Gasteiger partial charge in [0, 0.05) is 10.0 Å². The molecule has 0 bridgehead atoms. The van der Waals surface area contributed by atoms with Gasteiger partial charge in [-0.2, -0.15) is 18.2 Å². The van der Waals surface area contributed by atoms with Gasteiger partial charge in [0.1, 0.15) is 0 Å². The van der Waals surface area contributed by atoms with Crippen molar-refractivity contribution in [2.75, 3.05) is 13.9 Å². The molecule has 0 N–H and O–H groups in total. The lowest BCUT2D eigenvalue weighted by Crippen LogP contribution is -2.29. The molecule has 2 aromatic carbocycles. The zero-order valence-electron chi connectivity index (χ0n) is 15.8. The molecule has 0 aliphatic carbocycles. The molecular formula is C19H13BrF3N3O5. The SMILES string of the molecule is CON(Cc1ccc(-c2noc(C(F)(F)F)n2)cc1)C(=O)c1cc2c(cc1Br)OCO2. The van der Waals surface area contributed by atoms with Crippen LogP contribution in [0.15, 0.2) is 45.4 Å². The molecule has 31 heavy (non-hydrogen) atoms. The molecule has 4 rings (SSSR count). The van der Waals surface area contributed by atoms with Gasteiger partial charge in [-0.1, -0.05) is 29.4 Å². The van der Waals surface area contributed by atoms with E-state index in [0.717, 1.165) is 5.06 Å². The van der Waals surface area contributed by atoms with E-state index in [1.165, 1.54) is 19.2 Å². The maximum absolute atomic E-state index is 12.9. The molecule has 162 valence electrons. The average molecular weight is 500 g/mol. The van der Waals surface area contributed by atoms with Gasteiger partial charge in [-0.05, 0) is 33.6 Å². The van der Waals surface area contributed by atoms with Crippen LogP contribution < -0.4 is 9.47 Å². The summed E-state index contributed by atoms with van der Waals surface area (Å²) in [6.07, 6.45) is -4.71. The predicted octanol–water partition coefficient (Wildman–Crippen LogP) is 4.45. The van der Waals surface area contributed by atoms with Crippen molar-refractivity contribution in [2.45, 2.75) is 12.7 Å². The molecular weight excluding hydrogens is 487 g/mol. The van der Waals surface area contributed by atoms with Crippen molar-refractivity contribution in [3.8, 4) is 22.9 Å². The van der Waals surface area contributed by atoms with E-state index >= 15 is 0 Å². The summed E-state index contributed by atoms with van der Waals surface area (Å²) in [5.41, 5.74) is 1.31. The monoisotopic (exact) mass is 499 g/mol. The molecule has 3 aromatic rings. The number of benzene rings is 2. The molecule has 0 unspecified atom stereocenters. The molecule has 2 heterocycles. The smallest absolute Gasteiger partial charge is 0.454 e. The van der Waals surface area contributed by atoms with Crippen molar-refractivity contribution in [3.63, 3.8) is 0 Å². The molecule has 1 aliphatic heterocycles. The second kappa shape index (κ2) is 8.19. The molecule has 1 amide bonds. The van der Waals surface area contributed by atoms with Crippen LogP contribution in [0.2, 0.25) is 0 Å². The fourth-order valence-corrected chi connectivity index (χ4v) is 3.31. The largest absolute Gasteiger partial charge is 0.471 e. The molecule has 1 aliphatic rings. The number of ether oxygens (including phenoxy) is 2. The van der Waals surface area contributed by atoms with Crippen molar-refractivity contribution < 1.29 is 36.8 Å². The highest BCUT2D eigenvalue weighted by molar-refractivity contribution is 9.10. The molecule has 1 aromatic heterocycles. The van der Waals surface area contributed by atoms with E-state index in [1.807, 2.05) is 0 Å². The first-order chi connectivity index (χ1) is 14.8. The Bertz CT molecular complexity index is 1120. The fraction of sp³-hybridized carbons (Fsp3) is 0.211. The Morgan fingerprint density at radius 2 is 1.87 bits per heavy atom. The Kier molecular flexibility index (Phi) is 5.58. The van der Waals surface area contributed by atoms with Crippen LogP contribution in [0.4, 0.5) is 13.2 Å². The molecule has 0 saturated carbocycles. The lowest BCUT2D eigenvalue weighted by molar-refractivity contribution is -0.159. The number of fused-ring (bicyclic) bond motifs is 1. The summed E-state index contributed by atoms with van der Waals surface area (Å²) >= 11 is 3.34. The number of nitrogens with zero attached hydrogens (tertiary/aromatic N) is 3. The zero-order valence-corrected chi connectivity index (χ0v) is 17.4. The second-order valence-electron chi connectivity index (χ2n) is 6.33. The van der Waals surface area contributed by atoms with E-state index in [0.29, 0.717) is 32.7 Å². The van der Waals surface area contributed by atoms with Gasteiger partial charge in [0.15, 0.2) is 11.5 Å². The topological polar surface area (TPSA) is 86.9 Å². The summed E-state index contributed by atoms with van der Waals surface area (Å²) in [7, 11) is 1.35. The summed E-state index contributed by atoms with van der Waals surface area (Å²) in [5.74, 6) is -1.06. The standard InChI is InChI=1S/C19H13BrF3N3O5/c1-28-26(17(27)12-6-14-15(7-13(12)20)30-9-29-14)8-10-2-4-11(5-3-10)16-24-18(31-25-16)19(21,22)23/h2-7H,8-9H2,1H3. The Hall–Kier alpha value is -3.12. The number of carbonyl (C=O) groups is 1. The van der Waals surface area contributed by atoms with Gasteiger partial charge in [-0.25, -0.2) is 5.06 Å². The van der Waals surface area contributed by atoms with Gasteiger partial charge in [0.05, 0.1) is 19.2 Å². The molecule has 0 saturated heterocycles. The molecule has 0 atom stereocenters. The Morgan fingerprint density at radius 3 is 2.48 bits per heavy atom. The first-order valence-corrected chi connectivity index (χ1v) is 9.51. The number of hydrogen-bond acceptors (Lipinski definition) is 7. The summed E-state index contributed by atoms with van der Waals surface area (Å²) in [5, 5.41) is 4.48. The highest BCUT2D eigenvalue weighted by atomic mass is 79.9. The number of alkyl halides is 3. The number of hydrogen-bond donors (Lipinski definition) is 0. The summed E-state index contributed by atoms with van der Waals surface area (Å²) in [6.45, 7) is 0.154. The number of halogens is 4. The number of aromatic nitrogens is 2. The molecule has 0 spiro atoms. The fourth-order valence-electron chi connectivity index (χ4n) is 2.82. The number of hydroxylamine groups is 2. The van der Waals surface area contributed by atoms with Crippen LogP contribution in [-0.2, 0) is 17.6 Å². The maximum atomic E-state index is 12.9. The van der Waals surface area contributed by atoms with Crippen molar-refractivity contribution in [1.29, 1.82) is 0 Å². The first kappa shape index (κ1) is 21.1. The van der Waals surface area contributed by atoms with Crippen molar-refractivity contribution in [1.82, 2.24) is 15.2 Å². The molecule has 12 heteroatoms. The second-order valence-corrected chi connectivity index (χ2v) is 7.18. The van der Waals surface area contributed by atoms with Crippen molar-refractivity contribution in [2.24, 2.45) is 0 Å². The summed E-state index contributed by atoms with van der Waals surface area (Å²) in [4.78, 5) is 21.5. The van der Waals surface area contributed by atoms with Gasteiger partial charge in [-0.3, -0.25) is 9.63 Å². The Balaban J connectivity index is 1.50. The van der Waals surface area contributed by atoms with E-state index < -0.39 is 18.0 Å². The van der Waals surface area contributed by atoms with E-state index in [2.05, 4.69) is 30.6 Å². The van der Waals surface area contributed by atoms with E-state index in [9.17, 15) is 18.0 Å². The van der Waals surface area contributed by atoms with E-state index in [-0.39, 0.29) is 19.2 Å². The highest BCUT2D eigenvalue weighted by Gasteiger charge is 2.38. The predicted molar refractivity (Wildman–Crippen MR) is 102 cm³/mol. The average Bonchev–Trinajstić information content (AvgIpc) is 3.40. The number of rotatable bonds is 5. The van der Waals surface area contributed by atoms with Gasteiger partial charge in [-0.15, -0.1) is 0 Å². The number of amides is 1. The quantitative estimate of drug-likeness (QED) is 0.479. The van der Waals surface area contributed by atoms with Gasteiger partial charge in [0.25, 0.3) is 5.91 Å². The van der Waals surface area contributed by atoms with Crippen LogP contribution in [0.1, 0.15) is 21.8 Å². The lowest BCUT2D eigenvalue weighted by atomic mass is 10.1. The van der Waals surface area contributed by atoms with Crippen LogP contribution in [0.3, 0.4) is 0 Å². The third-order valence-electron chi connectivity index (χ3n) is 4.35. The van der Waals surface area contributed by atoms with E-state index in [4.69, 9.17) is 14.3 Å². The minimum Gasteiger partial charge on any atom is -0.454 e. The van der Waals surface area contributed by atoms with Crippen LogP contribution >= 0.6 is 15.9 Å². The van der Waals surface area contributed by atoms with Crippen LogP contribution in [-0.4, -0.2) is 35.0 Å². The molecule has 8 nitrogen and oxygen atoms in total. The van der Waals surface area contributed by atoms with Crippen LogP contribution in [0.5, 0.6) is 11.5 Å². The van der Waals surface area contributed by atoms with Gasteiger partial charge >= 0.3 is 12.1 Å². The Labute approximate surface area is 181 Å². The number of carbonyl (C=O) groups excluding carboxylic acids is 1. The molecule has 0 radical (unpaired) electrons. The summed E-state index contributed by atoms with van der Waals surface area (Å²) in [6, 6.07) is 9.47. The maximum Gasteiger partial charge on any atom is 0.471 e. The third-order valence-corrected chi connectivity index (χ3v) is 5.00. The van der Waals surface area contributed by atoms with Gasteiger partial charge in [0.2, 0.25) is 12.6 Å². The first-order valence-electron chi connectivity index (χ1n) is 8.71. The Morgan fingerprint density at radius 1 is 1.19 bits per heavy atom. The minimum absolute atomic E-state index is 0.0740. The third kappa shape index (κ3) is 4.35. The normalized spacial score (nSPS) is 12.8.